The van der Waals surface area contributed by atoms with Gasteiger partial charge in [-0.1, -0.05) is 12.8 Å². The lowest BCUT2D eigenvalue weighted by molar-refractivity contribution is 0.0692. The maximum Gasteiger partial charge on any atom is 0.342 e. The topological polar surface area (TPSA) is 64.3 Å². The average Bonchev–Trinajstić information content (AvgIpc) is 2.85. The fourth-order valence-corrected chi connectivity index (χ4v) is 2.11. The third-order valence-electron chi connectivity index (χ3n) is 2.84. The number of methoxy groups -OCH3 is 1. The molecule has 1 saturated carbocycles. The van der Waals surface area contributed by atoms with Crippen molar-refractivity contribution in [3.05, 3.63) is 11.8 Å². The molecule has 1 N–H and O–H groups in total. The molecule has 0 amide bonds. The molecule has 1 fully saturated rings. The Hall–Kier alpha value is -1.52. The Morgan fingerprint density at radius 2 is 2.27 bits per heavy atom. The Labute approximate surface area is 87.7 Å². The average molecular weight is 210 g/mol. The van der Waals surface area contributed by atoms with Crippen molar-refractivity contribution in [3.8, 4) is 5.88 Å². The minimum absolute atomic E-state index is 0.143. The summed E-state index contributed by atoms with van der Waals surface area (Å²) in [6.07, 6.45) is 5.82. The highest BCUT2D eigenvalue weighted by Gasteiger charge is 2.25. The monoisotopic (exact) mass is 210 g/mol. The molecule has 0 bridgehead atoms. The zero-order valence-electron chi connectivity index (χ0n) is 8.64. The van der Waals surface area contributed by atoms with Crippen molar-refractivity contribution < 1.29 is 14.6 Å². The fraction of sp³-hybridized carbons (Fsp3) is 0.600. The van der Waals surface area contributed by atoms with Crippen LogP contribution in [0.5, 0.6) is 5.88 Å². The van der Waals surface area contributed by atoms with Crippen LogP contribution in [0.25, 0.3) is 0 Å². The van der Waals surface area contributed by atoms with Crippen LogP contribution in [-0.4, -0.2) is 28.0 Å². The highest BCUT2D eigenvalue weighted by atomic mass is 16.5. The number of hydrogen-bond donors (Lipinski definition) is 1. The van der Waals surface area contributed by atoms with Crippen molar-refractivity contribution in [2.45, 2.75) is 31.7 Å². The standard InChI is InChI=1S/C10H14N2O3/c1-15-9-8(10(13)14)6-11-12(9)7-4-2-3-5-7/h6-7H,2-5H2,1H3,(H,13,14). The smallest absolute Gasteiger partial charge is 0.342 e. The Kier molecular flexibility index (Phi) is 2.62. The Balaban J connectivity index is 2.34. The van der Waals surface area contributed by atoms with Crippen LogP contribution in [0.15, 0.2) is 6.20 Å². The maximum absolute atomic E-state index is 10.9. The van der Waals surface area contributed by atoms with E-state index in [9.17, 15) is 4.79 Å². The molecule has 1 aromatic heterocycles. The van der Waals surface area contributed by atoms with E-state index in [-0.39, 0.29) is 5.56 Å². The molecule has 82 valence electrons. The van der Waals surface area contributed by atoms with Gasteiger partial charge in [0.05, 0.1) is 19.3 Å². The minimum Gasteiger partial charge on any atom is -0.481 e. The van der Waals surface area contributed by atoms with Crippen molar-refractivity contribution in [1.82, 2.24) is 9.78 Å². The molecule has 15 heavy (non-hydrogen) atoms. The number of carboxylic acids is 1. The van der Waals surface area contributed by atoms with Gasteiger partial charge in [-0.2, -0.15) is 5.10 Å². The summed E-state index contributed by atoms with van der Waals surface area (Å²) in [4.78, 5) is 10.9. The third-order valence-corrected chi connectivity index (χ3v) is 2.84. The molecule has 1 heterocycles. The number of aromatic nitrogens is 2. The second-order valence-electron chi connectivity index (χ2n) is 3.76. The molecule has 1 aromatic rings. The molecular weight excluding hydrogens is 196 g/mol. The summed E-state index contributed by atoms with van der Waals surface area (Å²) < 4.78 is 6.81. The SMILES string of the molecule is COc1c(C(=O)O)cnn1C1CCCC1. The summed E-state index contributed by atoms with van der Waals surface area (Å²) in [5, 5.41) is 13.0. The van der Waals surface area contributed by atoms with E-state index in [1.165, 1.54) is 26.1 Å². The van der Waals surface area contributed by atoms with E-state index in [2.05, 4.69) is 5.10 Å². The predicted molar refractivity (Wildman–Crippen MR) is 53.2 cm³/mol. The van der Waals surface area contributed by atoms with Crippen LogP contribution >= 0.6 is 0 Å². The summed E-state index contributed by atoms with van der Waals surface area (Å²) in [6, 6.07) is 0.299. The second-order valence-corrected chi connectivity index (χ2v) is 3.76. The molecule has 1 aliphatic carbocycles. The van der Waals surface area contributed by atoms with Gasteiger partial charge in [-0.3, -0.25) is 0 Å². The van der Waals surface area contributed by atoms with Gasteiger partial charge >= 0.3 is 5.97 Å². The minimum atomic E-state index is -0.990. The van der Waals surface area contributed by atoms with E-state index < -0.39 is 5.97 Å². The number of rotatable bonds is 3. The molecule has 0 radical (unpaired) electrons. The van der Waals surface area contributed by atoms with E-state index in [4.69, 9.17) is 9.84 Å². The summed E-state index contributed by atoms with van der Waals surface area (Å²) in [6.45, 7) is 0. The van der Waals surface area contributed by atoms with Crippen LogP contribution in [0.3, 0.4) is 0 Å². The lowest BCUT2D eigenvalue weighted by Crippen LogP contribution is -2.09. The summed E-state index contributed by atoms with van der Waals surface area (Å²) in [7, 11) is 1.48. The molecule has 0 aromatic carbocycles. The van der Waals surface area contributed by atoms with Gasteiger partial charge in [0.25, 0.3) is 0 Å². The number of aromatic carboxylic acids is 1. The summed E-state index contributed by atoms with van der Waals surface area (Å²) >= 11 is 0. The lowest BCUT2D eigenvalue weighted by Gasteiger charge is -2.12. The number of hydrogen-bond acceptors (Lipinski definition) is 3. The highest BCUT2D eigenvalue weighted by molar-refractivity contribution is 5.89. The van der Waals surface area contributed by atoms with Crippen molar-refractivity contribution in [2.24, 2.45) is 0 Å². The molecule has 2 rings (SSSR count). The molecule has 5 nitrogen and oxygen atoms in total. The van der Waals surface area contributed by atoms with E-state index in [0.717, 1.165) is 12.8 Å². The first-order valence-electron chi connectivity index (χ1n) is 5.09. The van der Waals surface area contributed by atoms with Gasteiger partial charge in [-0.05, 0) is 12.8 Å². The zero-order chi connectivity index (χ0) is 10.8. The third kappa shape index (κ3) is 1.69. The van der Waals surface area contributed by atoms with Gasteiger partial charge in [0.2, 0.25) is 5.88 Å². The van der Waals surface area contributed by atoms with Crippen LogP contribution in [0.1, 0.15) is 42.1 Å². The van der Waals surface area contributed by atoms with Gasteiger partial charge in [0.15, 0.2) is 0 Å². The Morgan fingerprint density at radius 3 is 2.80 bits per heavy atom. The first kappa shape index (κ1) is 10.0. The van der Waals surface area contributed by atoms with Crippen LogP contribution in [0.4, 0.5) is 0 Å². The van der Waals surface area contributed by atoms with Crippen LogP contribution in [-0.2, 0) is 0 Å². The van der Waals surface area contributed by atoms with Crippen LogP contribution < -0.4 is 4.74 Å². The molecule has 1 aliphatic rings. The summed E-state index contributed by atoms with van der Waals surface area (Å²) in [5.74, 6) is -0.620. The number of ether oxygens (including phenoxy) is 1. The second kappa shape index (κ2) is 3.92. The lowest BCUT2D eigenvalue weighted by atomic mass is 10.2. The van der Waals surface area contributed by atoms with Crippen molar-refractivity contribution >= 4 is 5.97 Å². The molecule has 0 saturated heterocycles. The van der Waals surface area contributed by atoms with Crippen molar-refractivity contribution in [2.75, 3.05) is 7.11 Å². The highest BCUT2D eigenvalue weighted by Crippen LogP contribution is 2.33. The first-order chi connectivity index (χ1) is 7.24. The normalized spacial score (nSPS) is 16.9. The zero-order valence-corrected chi connectivity index (χ0v) is 8.64. The summed E-state index contributed by atoms with van der Waals surface area (Å²) in [5.41, 5.74) is 0.143. The molecule has 0 spiro atoms. The number of carboxylic acid groups (broad SMARTS) is 1. The largest absolute Gasteiger partial charge is 0.481 e. The Morgan fingerprint density at radius 1 is 1.60 bits per heavy atom. The quantitative estimate of drug-likeness (QED) is 0.824. The van der Waals surface area contributed by atoms with Gasteiger partial charge in [0, 0.05) is 0 Å². The maximum atomic E-state index is 10.9. The Bertz CT molecular complexity index is 367. The first-order valence-corrected chi connectivity index (χ1v) is 5.09. The molecule has 5 heteroatoms. The van der Waals surface area contributed by atoms with Gasteiger partial charge < -0.3 is 9.84 Å². The number of nitrogens with zero attached hydrogens (tertiary/aromatic N) is 2. The van der Waals surface area contributed by atoms with E-state index in [0.29, 0.717) is 11.9 Å². The van der Waals surface area contributed by atoms with E-state index in [1.807, 2.05) is 0 Å². The van der Waals surface area contributed by atoms with E-state index >= 15 is 0 Å². The molecule has 0 aliphatic heterocycles. The van der Waals surface area contributed by atoms with Gasteiger partial charge in [-0.25, -0.2) is 9.48 Å². The molecule has 0 atom stereocenters. The predicted octanol–water partition coefficient (Wildman–Crippen LogP) is 1.70. The van der Waals surface area contributed by atoms with Gasteiger partial charge in [-0.15, -0.1) is 0 Å². The van der Waals surface area contributed by atoms with Crippen molar-refractivity contribution in [1.29, 1.82) is 0 Å². The van der Waals surface area contributed by atoms with Crippen LogP contribution in [0, 0.1) is 0 Å². The van der Waals surface area contributed by atoms with Crippen molar-refractivity contribution in [3.63, 3.8) is 0 Å². The fourth-order valence-electron chi connectivity index (χ4n) is 2.11. The van der Waals surface area contributed by atoms with Gasteiger partial charge in [0.1, 0.15) is 5.56 Å². The molecule has 0 unspecified atom stereocenters. The molecular formula is C10H14N2O3. The van der Waals surface area contributed by atoms with E-state index in [1.54, 1.807) is 4.68 Å². The number of carbonyl (C=O) groups is 1. The van der Waals surface area contributed by atoms with Crippen LogP contribution in [0.2, 0.25) is 0 Å².